The molecule has 120 valence electrons. The van der Waals surface area contributed by atoms with E-state index < -0.39 is 10.8 Å². The van der Waals surface area contributed by atoms with Gasteiger partial charge in [0.2, 0.25) is 5.91 Å². The molecule has 1 aromatic carbocycles. The Labute approximate surface area is 134 Å². The lowest BCUT2D eigenvalue weighted by Crippen LogP contribution is -2.36. The lowest BCUT2D eigenvalue weighted by Gasteiger charge is -2.06. The molecule has 0 bridgehead atoms. The molecule has 21 heavy (non-hydrogen) atoms. The first-order chi connectivity index (χ1) is 9.72. The average molecular weight is 335 g/mol. The number of ether oxygens (including phenoxy) is 1. The molecule has 0 saturated heterocycles. The van der Waals surface area contributed by atoms with Crippen molar-refractivity contribution >= 4 is 29.1 Å². The molecule has 2 N–H and O–H groups in total. The number of carbonyl (C=O) groups is 1. The summed E-state index contributed by atoms with van der Waals surface area (Å²) in [6, 6.07) is 9.70. The van der Waals surface area contributed by atoms with Crippen molar-refractivity contribution in [1.29, 1.82) is 0 Å². The number of methoxy groups -OCH3 is 1. The van der Waals surface area contributed by atoms with Crippen molar-refractivity contribution < 1.29 is 13.7 Å². The zero-order valence-corrected chi connectivity index (χ0v) is 13.8. The summed E-state index contributed by atoms with van der Waals surface area (Å²) in [6.07, 6.45) is 0. The predicted molar refractivity (Wildman–Crippen MR) is 88.2 cm³/mol. The third-order valence-electron chi connectivity index (χ3n) is 2.59. The largest absolute Gasteiger partial charge is 0.383 e. The van der Waals surface area contributed by atoms with E-state index in [4.69, 9.17) is 4.74 Å². The molecule has 1 aromatic rings. The maximum Gasteiger partial charge on any atom is 0.233 e. The molecule has 0 saturated carbocycles. The third-order valence-corrected chi connectivity index (χ3v) is 3.91. The molecule has 7 heteroatoms. The minimum absolute atomic E-state index is 0. The molecule has 1 atom stereocenters. The van der Waals surface area contributed by atoms with Crippen LogP contribution in [0.5, 0.6) is 0 Å². The minimum atomic E-state index is -0.951. The van der Waals surface area contributed by atoms with E-state index in [-0.39, 0.29) is 24.9 Å². The van der Waals surface area contributed by atoms with Crippen molar-refractivity contribution in [1.82, 2.24) is 10.6 Å². The fourth-order valence-corrected chi connectivity index (χ4v) is 2.61. The molecule has 0 aliphatic heterocycles. The van der Waals surface area contributed by atoms with E-state index in [2.05, 4.69) is 10.6 Å². The smallest absolute Gasteiger partial charge is 0.233 e. The second-order valence-corrected chi connectivity index (χ2v) is 5.87. The summed E-state index contributed by atoms with van der Waals surface area (Å²) in [5, 5.41) is 5.69. The number of rotatable bonds is 10. The van der Waals surface area contributed by atoms with E-state index in [9.17, 15) is 9.00 Å². The Bertz CT molecular complexity index is 418. The van der Waals surface area contributed by atoms with Gasteiger partial charge in [0.1, 0.15) is 0 Å². The number of benzene rings is 1. The van der Waals surface area contributed by atoms with Crippen LogP contribution >= 0.6 is 12.4 Å². The highest BCUT2D eigenvalue weighted by Crippen LogP contribution is 2.02. The number of hydrogen-bond acceptors (Lipinski definition) is 4. The van der Waals surface area contributed by atoms with Crippen molar-refractivity contribution in [2.75, 3.05) is 39.1 Å². The second kappa shape index (κ2) is 12.8. The number of halogens is 1. The Kier molecular flexibility index (Phi) is 12.2. The number of hydrogen-bond donors (Lipinski definition) is 2. The minimum Gasteiger partial charge on any atom is -0.383 e. The lowest BCUT2D eigenvalue weighted by molar-refractivity contribution is -0.120. The van der Waals surface area contributed by atoms with Gasteiger partial charge in [-0.2, -0.15) is 0 Å². The zero-order chi connectivity index (χ0) is 14.6. The fourth-order valence-electron chi connectivity index (χ4n) is 1.58. The average Bonchev–Trinajstić information content (AvgIpc) is 2.45. The Morgan fingerprint density at radius 1 is 1.24 bits per heavy atom. The molecule has 1 rings (SSSR count). The molecule has 1 amide bonds. The van der Waals surface area contributed by atoms with Crippen molar-refractivity contribution in [3.05, 3.63) is 35.9 Å². The highest BCUT2D eigenvalue weighted by molar-refractivity contribution is 7.84. The Morgan fingerprint density at radius 3 is 2.62 bits per heavy atom. The van der Waals surface area contributed by atoms with E-state index in [1.807, 2.05) is 30.3 Å². The fraction of sp³-hybridized carbons (Fsp3) is 0.500. The standard InChI is InChI=1S/C14H22N2O3S.ClH/c1-19-9-7-15-11-14(17)16-8-10-20(18)12-13-5-3-2-4-6-13;/h2-6,15H,7-12H2,1H3,(H,16,17);1H. The quantitative estimate of drug-likeness (QED) is 0.618. The van der Waals surface area contributed by atoms with E-state index >= 15 is 0 Å². The molecule has 0 radical (unpaired) electrons. The lowest BCUT2D eigenvalue weighted by atomic mass is 10.2. The first kappa shape index (κ1) is 20.1. The van der Waals surface area contributed by atoms with Crippen LogP contribution < -0.4 is 10.6 Å². The molecule has 0 aliphatic rings. The Hall–Kier alpha value is -0.950. The van der Waals surface area contributed by atoms with Gasteiger partial charge < -0.3 is 15.4 Å². The van der Waals surface area contributed by atoms with Crippen molar-refractivity contribution in [2.45, 2.75) is 5.75 Å². The molecular formula is C14H23ClN2O3S. The van der Waals surface area contributed by atoms with Crippen LogP contribution in [0, 0.1) is 0 Å². The normalized spacial score (nSPS) is 11.5. The summed E-state index contributed by atoms with van der Waals surface area (Å²) in [5.74, 6) is 0.916. The first-order valence-electron chi connectivity index (χ1n) is 6.57. The molecule has 0 fully saturated rings. The van der Waals surface area contributed by atoms with E-state index in [1.54, 1.807) is 7.11 Å². The number of carbonyl (C=O) groups excluding carboxylic acids is 1. The van der Waals surface area contributed by atoms with E-state index in [1.165, 1.54) is 0 Å². The van der Waals surface area contributed by atoms with Gasteiger partial charge in [0, 0.05) is 42.5 Å². The number of nitrogens with one attached hydrogen (secondary N) is 2. The zero-order valence-electron chi connectivity index (χ0n) is 12.2. The van der Waals surface area contributed by atoms with Gasteiger partial charge >= 0.3 is 0 Å². The van der Waals surface area contributed by atoms with Gasteiger partial charge in [0.25, 0.3) is 0 Å². The maximum atomic E-state index is 11.8. The van der Waals surface area contributed by atoms with Crippen LogP contribution in [0.3, 0.4) is 0 Å². The summed E-state index contributed by atoms with van der Waals surface area (Å²) in [5.41, 5.74) is 1.05. The maximum absolute atomic E-state index is 11.8. The second-order valence-electron chi connectivity index (χ2n) is 4.29. The van der Waals surface area contributed by atoms with E-state index in [0.29, 0.717) is 31.2 Å². The first-order valence-corrected chi connectivity index (χ1v) is 8.06. The molecule has 0 heterocycles. The monoisotopic (exact) mass is 334 g/mol. The van der Waals surface area contributed by atoms with Gasteiger partial charge in [-0.1, -0.05) is 30.3 Å². The third kappa shape index (κ3) is 10.4. The van der Waals surface area contributed by atoms with Gasteiger partial charge in [0.05, 0.1) is 13.2 Å². The van der Waals surface area contributed by atoms with Gasteiger partial charge in [0.15, 0.2) is 0 Å². The highest BCUT2D eigenvalue weighted by Gasteiger charge is 2.03. The van der Waals surface area contributed by atoms with Crippen molar-refractivity contribution in [2.24, 2.45) is 0 Å². The Morgan fingerprint density at radius 2 is 1.95 bits per heavy atom. The SMILES string of the molecule is COCCNCC(=O)NCCS(=O)Cc1ccccc1.Cl. The van der Waals surface area contributed by atoms with Crippen LogP contribution in [0.2, 0.25) is 0 Å². The van der Waals surface area contributed by atoms with Gasteiger partial charge in [-0.3, -0.25) is 9.00 Å². The summed E-state index contributed by atoms with van der Waals surface area (Å²) < 4.78 is 16.7. The summed E-state index contributed by atoms with van der Waals surface area (Å²) in [6.45, 7) is 1.91. The summed E-state index contributed by atoms with van der Waals surface area (Å²) >= 11 is 0. The molecule has 1 unspecified atom stereocenters. The summed E-state index contributed by atoms with van der Waals surface area (Å²) in [7, 11) is 0.664. The van der Waals surface area contributed by atoms with Crippen LogP contribution in [0.1, 0.15) is 5.56 Å². The molecular weight excluding hydrogens is 312 g/mol. The predicted octanol–water partition coefficient (Wildman–Crippen LogP) is 0.709. The van der Waals surface area contributed by atoms with Crippen molar-refractivity contribution in [3.8, 4) is 0 Å². The molecule has 0 spiro atoms. The van der Waals surface area contributed by atoms with Gasteiger partial charge in [-0.05, 0) is 5.56 Å². The van der Waals surface area contributed by atoms with Crippen LogP contribution in [0.15, 0.2) is 30.3 Å². The molecule has 0 aromatic heterocycles. The topological polar surface area (TPSA) is 67.4 Å². The van der Waals surface area contributed by atoms with Crippen LogP contribution in [-0.2, 0) is 26.1 Å². The van der Waals surface area contributed by atoms with Crippen LogP contribution in [0.25, 0.3) is 0 Å². The summed E-state index contributed by atoms with van der Waals surface area (Å²) in [4.78, 5) is 11.4. The van der Waals surface area contributed by atoms with E-state index in [0.717, 1.165) is 5.56 Å². The van der Waals surface area contributed by atoms with Crippen LogP contribution in [0.4, 0.5) is 0 Å². The van der Waals surface area contributed by atoms with Crippen molar-refractivity contribution in [3.63, 3.8) is 0 Å². The molecule has 5 nitrogen and oxygen atoms in total. The highest BCUT2D eigenvalue weighted by atomic mass is 35.5. The van der Waals surface area contributed by atoms with Gasteiger partial charge in [-0.25, -0.2) is 0 Å². The van der Waals surface area contributed by atoms with Crippen LogP contribution in [-0.4, -0.2) is 49.2 Å². The Balaban J connectivity index is 0.00000400. The molecule has 0 aliphatic carbocycles. The van der Waals surface area contributed by atoms with Gasteiger partial charge in [-0.15, -0.1) is 12.4 Å². The number of amides is 1.